The molecule has 0 saturated carbocycles. The van der Waals surface area contributed by atoms with E-state index in [2.05, 4.69) is 31.3 Å². The Morgan fingerprint density at radius 3 is 2.04 bits per heavy atom. The maximum Gasteiger partial charge on any atom is 0.242 e. The highest BCUT2D eigenvalue weighted by atomic mass is 32.2. The molecule has 138 valence electrons. The highest BCUT2D eigenvalue weighted by molar-refractivity contribution is 8.00. The van der Waals surface area contributed by atoms with E-state index >= 15 is 0 Å². The van der Waals surface area contributed by atoms with E-state index in [1.807, 2.05) is 72.8 Å². The van der Waals surface area contributed by atoms with E-state index in [9.17, 15) is 4.79 Å². The molecular formula is C24H25NOS. The van der Waals surface area contributed by atoms with E-state index in [0.717, 1.165) is 22.6 Å². The Bertz CT molecular complexity index is 847. The van der Waals surface area contributed by atoms with Gasteiger partial charge in [-0.05, 0) is 47.7 Å². The number of hydrogen-bond donors (Lipinski definition) is 1. The van der Waals surface area contributed by atoms with Gasteiger partial charge in [-0.1, -0.05) is 74.5 Å². The number of carbonyl (C=O) groups is 1. The van der Waals surface area contributed by atoms with Gasteiger partial charge in [0.05, 0.1) is 0 Å². The summed E-state index contributed by atoms with van der Waals surface area (Å²) < 4.78 is 0. The first-order valence-electron chi connectivity index (χ1n) is 9.35. The van der Waals surface area contributed by atoms with E-state index < -0.39 is 0 Å². The largest absolute Gasteiger partial charge is 0.325 e. The van der Waals surface area contributed by atoms with Crippen molar-refractivity contribution in [2.75, 3.05) is 5.32 Å². The number of rotatable bonds is 7. The maximum atomic E-state index is 13.1. The molecule has 0 aromatic heterocycles. The van der Waals surface area contributed by atoms with Gasteiger partial charge in [-0.2, -0.15) is 0 Å². The Hall–Kier alpha value is -2.52. The number of anilines is 1. The molecule has 0 fully saturated rings. The predicted octanol–water partition coefficient (Wildman–Crippen LogP) is 6.67. The highest BCUT2D eigenvalue weighted by Crippen LogP contribution is 2.36. The van der Waals surface area contributed by atoms with Crippen LogP contribution < -0.4 is 5.32 Å². The summed E-state index contributed by atoms with van der Waals surface area (Å²) in [7, 11) is 0. The first kappa shape index (κ1) is 19.2. The lowest BCUT2D eigenvalue weighted by Crippen LogP contribution is -2.19. The average Bonchev–Trinajstić information content (AvgIpc) is 2.73. The summed E-state index contributed by atoms with van der Waals surface area (Å²) in [6, 6.07) is 28.2. The van der Waals surface area contributed by atoms with Gasteiger partial charge in [0.2, 0.25) is 5.91 Å². The molecule has 2 atom stereocenters. The van der Waals surface area contributed by atoms with Crippen LogP contribution in [-0.4, -0.2) is 5.91 Å². The minimum absolute atomic E-state index is 0.00802. The van der Waals surface area contributed by atoms with E-state index in [0.29, 0.717) is 5.92 Å². The summed E-state index contributed by atoms with van der Waals surface area (Å²) in [6.07, 6.45) is 1.11. The molecule has 3 rings (SSSR count). The smallest absolute Gasteiger partial charge is 0.242 e. The van der Waals surface area contributed by atoms with Crippen molar-refractivity contribution in [3.8, 4) is 0 Å². The maximum absolute atomic E-state index is 13.1. The van der Waals surface area contributed by atoms with Crippen LogP contribution in [0.5, 0.6) is 0 Å². The van der Waals surface area contributed by atoms with Crippen molar-refractivity contribution >= 4 is 23.4 Å². The average molecular weight is 376 g/mol. The van der Waals surface area contributed by atoms with Crippen LogP contribution in [0.2, 0.25) is 0 Å². The van der Waals surface area contributed by atoms with Crippen molar-refractivity contribution in [1.82, 2.24) is 0 Å². The molecule has 3 aromatic carbocycles. The van der Waals surface area contributed by atoms with Crippen molar-refractivity contribution in [3.05, 3.63) is 96.1 Å². The van der Waals surface area contributed by atoms with E-state index in [4.69, 9.17) is 0 Å². The van der Waals surface area contributed by atoms with Gasteiger partial charge in [-0.25, -0.2) is 0 Å². The second-order valence-electron chi connectivity index (χ2n) is 6.64. The zero-order valence-corrected chi connectivity index (χ0v) is 16.6. The fraction of sp³-hybridized carbons (Fsp3) is 0.208. The highest BCUT2D eigenvalue weighted by Gasteiger charge is 2.22. The van der Waals surface area contributed by atoms with Gasteiger partial charge in [0.25, 0.3) is 0 Å². The number of thioether (sulfide) groups is 1. The fourth-order valence-electron chi connectivity index (χ4n) is 2.87. The first-order chi connectivity index (χ1) is 13.2. The molecule has 0 radical (unpaired) electrons. The quantitative estimate of drug-likeness (QED) is 0.467. The molecule has 0 aliphatic heterocycles. The lowest BCUT2D eigenvalue weighted by Gasteiger charge is -2.17. The van der Waals surface area contributed by atoms with E-state index in [-0.39, 0.29) is 11.2 Å². The molecule has 3 heteroatoms. The predicted molar refractivity (Wildman–Crippen MR) is 115 cm³/mol. The molecule has 0 spiro atoms. The third-order valence-corrected chi connectivity index (χ3v) is 5.96. The third kappa shape index (κ3) is 5.24. The van der Waals surface area contributed by atoms with E-state index in [1.54, 1.807) is 11.8 Å². The Labute approximate surface area is 166 Å². The minimum atomic E-state index is -0.303. The normalized spacial score (nSPS) is 13.0. The van der Waals surface area contributed by atoms with Gasteiger partial charge in [0, 0.05) is 10.6 Å². The molecule has 1 amide bonds. The summed E-state index contributed by atoms with van der Waals surface area (Å²) in [4.78, 5) is 14.1. The van der Waals surface area contributed by atoms with Crippen molar-refractivity contribution in [2.45, 2.75) is 36.3 Å². The fourth-order valence-corrected chi connectivity index (χ4v) is 3.92. The van der Waals surface area contributed by atoms with Crippen LogP contribution in [-0.2, 0) is 4.79 Å². The molecule has 0 saturated heterocycles. The van der Waals surface area contributed by atoms with Gasteiger partial charge in [0.1, 0.15) is 5.25 Å². The zero-order chi connectivity index (χ0) is 19.1. The molecule has 0 bridgehead atoms. The van der Waals surface area contributed by atoms with Gasteiger partial charge in [-0.15, -0.1) is 11.8 Å². The van der Waals surface area contributed by atoms with Crippen LogP contribution in [0.4, 0.5) is 5.69 Å². The minimum Gasteiger partial charge on any atom is -0.325 e. The van der Waals surface area contributed by atoms with Gasteiger partial charge < -0.3 is 5.32 Å². The summed E-state index contributed by atoms with van der Waals surface area (Å²) in [5.41, 5.74) is 3.13. The molecular weight excluding hydrogens is 350 g/mol. The molecule has 2 nitrogen and oxygen atoms in total. The number of benzene rings is 3. The molecule has 27 heavy (non-hydrogen) atoms. The standard InChI is InChI=1S/C24H25NOS/c1-3-18(2)19-14-16-21(17-15-19)25-24(26)23(20-10-6-4-7-11-20)27-22-12-8-5-9-13-22/h4-18,23H,3H2,1-2H3,(H,25,26). The van der Waals surface area contributed by atoms with Crippen molar-refractivity contribution in [3.63, 3.8) is 0 Å². The Morgan fingerprint density at radius 1 is 0.852 bits per heavy atom. The second kappa shape index (κ2) is 9.43. The summed E-state index contributed by atoms with van der Waals surface area (Å²) in [6.45, 7) is 4.40. The lowest BCUT2D eigenvalue weighted by molar-refractivity contribution is -0.115. The molecule has 0 heterocycles. The molecule has 1 N–H and O–H groups in total. The lowest BCUT2D eigenvalue weighted by atomic mass is 9.98. The van der Waals surface area contributed by atoms with Crippen LogP contribution in [0, 0.1) is 0 Å². The monoisotopic (exact) mass is 375 g/mol. The molecule has 3 aromatic rings. The van der Waals surface area contributed by atoms with Crippen molar-refractivity contribution < 1.29 is 4.79 Å². The summed E-state index contributed by atoms with van der Waals surface area (Å²) in [5, 5.41) is 2.78. The van der Waals surface area contributed by atoms with Gasteiger partial charge >= 0.3 is 0 Å². The molecule has 0 aliphatic carbocycles. The Morgan fingerprint density at radius 2 is 1.44 bits per heavy atom. The van der Waals surface area contributed by atoms with Crippen LogP contribution in [0.3, 0.4) is 0 Å². The Balaban J connectivity index is 1.78. The van der Waals surface area contributed by atoms with Gasteiger partial charge in [-0.3, -0.25) is 4.79 Å². The summed E-state index contributed by atoms with van der Waals surface area (Å²) in [5.74, 6) is 0.520. The SMILES string of the molecule is CCC(C)c1ccc(NC(=O)C(Sc2ccccc2)c2ccccc2)cc1. The molecule has 2 unspecified atom stereocenters. The van der Waals surface area contributed by atoms with Crippen LogP contribution in [0.15, 0.2) is 89.8 Å². The van der Waals surface area contributed by atoms with E-state index in [1.165, 1.54) is 5.56 Å². The first-order valence-corrected chi connectivity index (χ1v) is 10.2. The van der Waals surface area contributed by atoms with Crippen molar-refractivity contribution in [1.29, 1.82) is 0 Å². The van der Waals surface area contributed by atoms with Crippen molar-refractivity contribution in [2.24, 2.45) is 0 Å². The summed E-state index contributed by atoms with van der Waals surface area (Å²) >= 11 is 1.57. The number of nitrogens with one attached hydrogen (secondary N) is 1. The number of carbonyl (C=O) groups excluding carboxylic acids is 1. The second-order valence-corrected chi connectivity index (χ2v) is 7.82. The van der Waals surface area contributed by atoms with Crippen LogP contribution in [0.1, 0.15) is 42.6 Å². The molecule has 0 aliphatic rings. The topological polar surface area (TPSA) is 29.1 Å². The van der Waals surface area contributed by atoms with Gasteiger partial charge in [0.15, 0.2) is 0 Å². The zero-order valence-electron chi connectivity index (χ0n) is 15.8. The Kier molecular flexibility index (Phi) is 6.72. The number of hydrogen-bond acceptors (Lipinski definition) is 2. The third-order valence-electron chi connectivity index (χ3n) is 4.70. The van der Waals surface area contributed by atoms with Crippen LogP contribution >= 0.6 is 11.8 Å². The number of amides is 1. The van der Waals surface area contributed by atoms with Crippen LogP contribution in [0.25, 0.3) is 0 Å².